The third-order valence-electron chi connectivity index (χ3n) is 4.18. The van der Waals surface area contributed by atoms with Crippen LogP contribution in [0.2, 0.25) is 5.02 Å². The molecule has 23 heavy (non-hydrogen) atoms. The highest BCUT2D eigenvalue weighted by atomic mass is 35.5. The van der Waals surface area contributed by atoms with Gasteiger partial charge >= 0.3 is 0 Å². The molecule has 122 valence electrons. The summed E-state index contributed by atoms with van der Waals surface area (Å²) in [5.41, 5.74) is 1.56. The highest BCUT2D eigenvalue weighted by Crippen LogP contribution is 2.25. The van der Waals surface area contributed by atoms with Crippen molar-refractivity contribution in [1.29, 1.82) is 0 Å². The van der Waals surface area contributed by atoms with Gasteiger partial charge in [0.05, 0.1) is 0 Å². The number of likely N-dealkylation sites (N-methyl/N-ethyl adjacent to an activating group) is 1. The fourth-order valence-corrected chi connectivity index (χ4v) is 3.04. The maximum atomic E-state index is 12.8. The number of aryl methyl sites for hydroxylation is 2. The molecule has 1 amide bonds. The van der Waals surface area contributed by atoms with Crippen LogP contribution in [0.5, 0.6) is 0 Å². The lowest BCUT2D eigenvalue weighted by atomic mass is 10.1. The van der Waals surface area contributed by atoms with Crippen LogP contribution in [-0.2, 0) is 0 Å². The van der Waals surface area contributed by atoms with Crippen molar-refractivity contribution in [2.45, 2.75) is 19.9 Å². The third-order valence-corrected chi connectivity index (χ3v) is 4.42. The molecule has 1 aliphatic heterocycles. The van der Waals surface area contributed by atoms with Crippen molar-refractivity contribution in [3.63, 3.8) is 0 Å². The maximum Gasteiger partial charge on any atom is 0.254 e. The van der Waals surface area contributed by atoms with Gasteiger partial charge in [-0.2, -0.15) is 4.98 Å². The average Bonchev–Trinajstić information content (AvgIpc) is 2.93. The summed E-state index contributed by atoms with van der Waals surface area (Å²) >= 11 is 5.97. The van der Waals surface area contributed by atoms with Gasteiger partial charge in [-0.05, 0) is 44.7 Å². The second kappa shape index (κ2) is 6.29. The largest absolute Gasteiger partial charge is 0.338 e. The Balaban J connectivity index is 1.81. The first-order valence-corrected chi connectivity index (χ1v) is 7.89. The van der Waals surface area contributed by atoms with Gasteiger partial charge in [-0.15, -0.1) is 0 Å². The molecule has 0 saturated carbocycles. The molecule has 2 aromatic rings. The Morgan fingerprint density at radius 2 is 2.13 bits per heavy atom. The Kier molecular flexibility index (Phi) is 4.37. The second-order valence-electron chi connectivity index (χ2n) is 5.89. The number of aromatic nitrogens is 2. The van der Waals surface area contributed by atoms with Crippen LogP contribution in [0.15, 0.2) is 22.7 Å². The van der Waals surface area contributed by atoms with E-state index in [0.29, 0.717) is 35.4 Å². The summed E-state index contributed by atoms with van der Waals surface area (Å²) in [6, 6.07) is 5.26. The molecular formula is C16H19ClN4O2. The van der Waals surface area contributed by atoms with E-state index in [2.05, 4.69) is 15.0 Å². The molecule has 7 heteroatoms. The molecule has 0 radical (unpaired) electrons. The number of benzene rings is 1. The number of piperazine rings is 1. The van der Waals surface area contributed by atoms with Crippen LogP contribution in [0.3, 0.4) is 0 Å². The fraction of sp³-hybridized carbons (Fsp3) is 0.438. The van der Waals surface area contributed by atoms with Gasteiger partial charge in [-0.25, -0.2) is 0 Å². The maximum absolute atomic E-state index is 12.8. The molecule has 0 spiro atoms. The number of nitrogens with zero attached hydrogens (tertiary/aromatic N) is 4. The first-order chi connectivity index (χ1) is 11.0. The predicted molar refractivity (Wildman–Crippen MR) is 86.5 cm³/mol. The van der Waals surface area contributed by atoms with E-state index in [0.717, 1.165) is 12.1 Å². The molecule has 0 N–H and O–H groups in total. The number of halogens is 1. The van der Waals surface area contributed by atoms with E-state index in [9.17, 15) is 4.79 Å². The molecule has 1 saturated heterocycles. The Labute approximate surface area is 140 Å². The molecule has 0 bridgehead atoms. The molecule has 6 nitrogen and oxygen atoms in total. The van der Waals surface area contributed by atoms with Crippen molar-refractivity contribution >= 4 is 17.5 Å². The number of carbonyl (C=O) groups is 1. The number of hydrogen-bond acceptors (Lipinski definition) is 5. The van der Waals surface area contributed by atoms with Gasteiger partial charge < -0.3 is 9.42 Å². The lowest BCUT2D eigenvalue weighted by molar-refractivity contribution is 0.0488. The topological polar surface area (TPSA) is 62.5 Å². The minimum Gasteiger partial charge on any atom is -0.338 e. The molecule has 1 atom stereocenters. The van der Waals surface area contributed by atoms with Crippen LogP contribution in [0.1, 0.15) is 33.7 Å². The lowest BCUT2D eigenvalue weighted by Gasteiger charge is -2.37. The monoisotopic (exact) mass is 334 g/mol. The summed E-state index contributed by atoms with van der Waals surface area (Å²) in [6.07, 6.45) is 0. The van der Waals surface area contributed by atoms with Crippen molar-refractivity contribution in [2.24, 2.45) is 0 Å². The summed E-state index contributed by atoms with van der Waals surface area (Å²) in [6.45, 7) is 5.63. The zero-order valence-corrected chi connectivity index (χ0v) is 14.2. The van der Waals surface area contributed by atoms with Gasteiger partial charge in [0.25, 0.3) is 5.91 Å². The van der Waals surface area contributed by atoms with Gasteiger partial charge in [-0.3, -0.25) is 9.69 Å². The first-order valence-electron chi connectivity index (χ1n) is 7.51. The molecule has 1 fully saturated rings. The number of carbonyl (C=O) groups excluding carboxylic acids is 1. The molecule has 0 aliphatic carbocycles. The van der Waals surface area contributed by atoms with Crippen molar-refractivity contribution in [3.05, 3.63) is 46.1 Å². The average molecular weight is 335 g/mol. The van der Waals surface area contributed by atoms with E-state index in [1.807, 2.05) is 24.9 Å². The van der Waals surface area contributed by atoms with E-state index in [1.54, 1.807) is 19.1 Å². The smallest absolute Gasteiger partial charge is 0.254 e. The quantitative estimate of drug-likeness (QED) is 0.844. The van der Waals surface area contributed by atoms with E-state index < -0.39 is 0 Å². The second-order valence-corrected chi connectivity index (χ2v) is 6.32. The van der Waals surface area contributed by atoms with Gasteiger partial charge in [-0.1, -0.05) is 16.8 Å². The predicted octanol–water partition coefficient (Wildman–Crippen LogP) is 2.47. The first kappa shape index (κ1) is 16.0. The summed E-state index contributed by atoms with van der Waals surface area (Å²) in [5, 5.41) is 4.48. The van der Waals surface area contributed by atoms with Crippen LogP contribution in [0.25, 0.3) is 0 Å². The van der Waals surface area contributed by atoms with Gasteiger partial charge in [0.1, 0.15) is 6.04 Å². The number of rotatable bonds is 2. The van der Waals surface area contributed by atoms with Crippen molar-refractivity contribution in [1.82, 2.24) is 19.9 Å². The van der Waals surface area contributed by atoms with Crippen LogP contribution in [-0.4, -0.2) is 52.5 Å². The van der Waals surface area contributed by atoms with Gasteiger partial charge in [0.2, 0.25) is 5.89 Å². The van der Waals surface area contributed by atoms with Gasteiger partial charge in [0, 0.05) is 30.2 Å². The zero-order valence-electron chi connectivity index (χ0n) is 13.4. The van der Waals surface area contributed by atoms with E-state index in [4.69, 9.17) is 16.1 Å². The molecule has 1 aliphatic rings. The Morgan fingerprint density at radius 1 is 1.35 bits per heavy atom. The van der Waals surface area contributed by atoms with Crippen LogP contribution in [0.4, 0.5) is 0 Å². The van der Waals surface area contributed by atoms with Crippen LogP contribution >= 0.6 is 11.6 Å². The molecule has 2 heterocycles. The van der Waals surface area contributed by atoms with Crippen molar-refractivity contribution in [2.75, 3.05) is 26.7 Å². The molecule has 0 unspecified atom stereocenters. The lowest BCUT2D eigenvalue weighted by Crippen LogP contribution is -2.49. The van der Waals surface area contributed by atoms with Crippen molar-refractivity contribution in [3.8, 4) is 0 Å². The van der Waals surface area contributed by atoms with E-state index >= 15 is 0 Å². The van der Waals surface area contributed by atoms with Crippen LogP contribution < -0.4 is 0 Å². The SMILES string of the molecule is Cc1noc([C@@H]2CN(C(=O)c3ccc(Cl)cc3C)CCN2C)n1. The minimum atomic E-state index is -0.0819. The highest BCUT2D eigenvalue weighted by Gasteiger charge is 2.32. The molecule has 3 rings (SSSR count). The van der Waals surface area contributed by atoms with E-state index in [-0.39, 0.29) is 11.9 Å². The molecular weight excluding hydrogens is 316 g/mol. The Morgan fingerprint density at radius 3 is 2.78 bits per heavy atom. The third kappa shape index (κ3) is 3.23. The fourth-order valence-electron chi connectivity index (χ4n) is 2.81. The summed E-state index contributed by atoms with van der Waals surface area (Å²) in [4.78, 5) is 21.1. The van der Waals surface area contributed by atoms with Gasteiger partial charge in [0.15, 0.2) is 5.82 Å². The molecule has 1 aromatic carbocycles. The van der Waals surface area contributed by atoms with Crippen molar-refractivity contribution < 1.29 is 9.32 Å². The summed E-state index contributed by atoms with van der Waals surface area (Å²) in [7, 11) is 2.00. The minimum absolute atomic E-state index is 0.00787. The normalized spacial score (nSPS) is 19.1. The number of amides is 1. The molecule has 1 aromatic heterocycles. The summed E-state index contributed by atoms with van der Waals surface area (Å²) in [5.74, 6) is 1.16. The Bertz CT molecular complexity index is 731. The number of hydrogen-bond donors (Lipinski definition) is 0. The zero-order chi connectivity index (χ0) is 16.6. The van der Waals surface area contributed by atoms with E-state index in [1.165, 1.54) is 0 Å². The highest BCUT2D eigenvalue weighted by molar-refractivity contribution is 6.30. The summed E-state index contributed by atoms with van der Waals surface area (Å²) < 4.78 is 5.29. The van der Waals surface area contributed by atoms with Crippen LogP contribution in [0, 0.1) is 13.8 Å². The Hall–Kier alpha value is -1.92. The standard InChI is InChI=1S/C16H19ClN4O2/c1-10-8-12(17)4-5-13(10)16(22)21-7-6-20(3)14(9-21)15-18-11(2)19-23-15/h4-5,8,14H,6-7,9H2,1-3H3/t14-/m0/s1.